The summed E-state index contributed by atoms with van der Waals surface area (Å²) in [6.07, 6.45) is 0. The Hall–Kier alpha value is -0.680. The Morgan fingerprint density at radius 1 is 0.933 bits per heavy atom. The number of hydrogen-bond donors (Lipinski definition) is 2. The first-order valence-electron chi connectivity index (χ1n) is 8.00. The molecule has 0 saturated carbocycles. The number of carboxylic acid groups (broad SMARTS) is 1. The van der Waals surface area contributed by atoms with Crippen LogP contribution >= 0.6 is 63.7 Å². The molecule has 1 heterocycles. The van der Waals surface area contributed by atoms with E-state index in [1.165, 1.54) is 6.07 Å². The summed E-state index contributed by atoms with van der Waals surface area (Å²) in [6.45, 7) is 0. The molecule has 0 aromatic heterocycles. The standard InChI is InChI=1S/C20H8Br4O5.Na/c21-11-5-9-13(7-3-1-2-4-8(7)20(27)28)10-6-12(22)17(26)15(24)19(10)29-18(9)14(23)16(11)25;/h1-6,25H,(H,27,28);. The molecular weight excluding hydrogens is 663 g/mol. The number of carboxylic acids is 1. The van der Waals surface area contributed by atoms with E-state index in [-0.39, 0.29) is 66.6 Å². The molecule has 147 valence electrons. The number of halogens is 4. The molecule has 1 aliphatic carbocycles. The van der Waals surface area contributed by atoms with Gasteiger partial charge in [-0.15, -0.1) is 0 Å². The summed E-state index contributed by atoms with van der Waals surface area (Å²) in [5.41, 5.74) is 1.61. The Morgan fingerprint density at radius 3 is 2.27 bits per heavy atom. The van der Waals surface area contributed by atoms with Gasteiger partial charge in [0.15, 0.2) is 11.3 Å². The number of phenolic OH excluding ortho intramolecular Hbond substituents is 1. The molecule has 2 aromatic rings. The largest absolute Gasteiger partial charge is 0.505 e. The average Bonchev–Trinajstić information content (AvgIpc) is 2.69. The number of rotatable bonds is 2. The quantitative estimate of drug-likeness (QED) is 0.185. The van der Waals surface area contributed by atoms with Crippen LogP contribution in [0, 0.1) is 0 Å². The van der Waals surface area contributed by atoms with Gasteiger partial charge >= 0.3 is 5.97 Å². The maximum Gasteiger partial charge on any atom is 0.336 e. The van der Waals surface area contributed by atoms with Crippen LogP contribution in [0.2, 0.25) is 0 Å². The van der Waals surface area contributed by atoms with Crippen LogP contribution in [0.1, 0.15) is 10.4 Å². The van der Waals surface area contributed by atoms with E-state index in [9.17, 15) is 19.8 Å². The van der Waals surface area contributed by atoms with Gasteiger partial charge in [-0.3, -0.25) is 4.79 Å². The molecule has 2 aliphatic rings. The molecule has 0 atom stereocenters. The van der Waals surface area contributed by atoms with E-state index < -0.39 is 5.97 Å². The van der Waals surface area contributed by atoms with Gasteiger partial charge in [-0.2, -0.15) is 0 Å². The van der Waals surface area contributed by atoms with E-state index in [2.05, 4.69) is 63.7 Å². The van der Waals surface area contributed by atoms with Crippen LogP contribution in [-0.2, 0) is 0 Å². The number of aromatic carboxylic acids is 1. The summed E-state index contributed by atoms with van der Waals surface area (Å²) in [5, 5.41) is 20.6. The van der Waals surface area contributed by atoms with Gasteiger partial charge in [0.1, 0.15) is 14.7 Å². The Kier molecular flexibility index (Phi) is 7.23. The fourth-order valence-corrected chi connectivity index (χ4v) is 5.57. The van der Waals surface area contributed by atoms with E-state index in [1.807, 2.05) is 0 Å². The third kappa shape index (κ3) is 3.83. The molecule has 0 bridgehead atoms. The molecule has 2 aromatic carbocycles. The first kappa shape index (κ1) is 24.0. The van der Waals surface area contributed by atoms with E-state index in [0.717, 1.165) is 0 Å². The van der Waals surface area contributed by atoms with Crippen LogP contribution in [0.5, 0.6) is 5.75 Å². The molecule has 5 nitrogen and oxygen atoms in total. The Bertz CT molecular complexity index is 1370. The van der Waals surface area contributed by atoms with Gasteiger partial charge in [-0.05, 0) is 87.5 Å². The van der Waals surface area contributed by atoms with Crippen molar-refractivity contribution in [3.63, 3.8) is 0 Å². The van der Waals surface area contributed by atoms with Crippen LogP contribution in [0.3, 0.4) is 0 Å². The summed E-state index contributed by atoms with van der Waals surface area (Å²) < 4.78 is 7.17. The maximum absolute atomic E-state index is 12.4. The van der Waals surface area contributed by atoms with E-state index in [1.54, 1.807) is 30.3 Å². The van der Waals surface area contributed by atoms with Crippen molar-refractivity contribution in [3.8, 4) is 28.2 Å². The predicted molar refractivity (Wildman–Crippen MR) is 130 cm³/mol. The van der Waals surface area contributed by atoms with Crippen LogP contribution in [0.4, 0.5) is 0 Å². The van der Waals surface area contributed by atoms with Crippen molar-refractivity contribution in [2.24, 2.45) is 0 Å². The van der Waals surface area contributed by atoms with Gasteiger partial charge in [-0.25, -0.2) is 4.79 Å². The minimum atomic E-state index is -1.09. The molecule has 0 spiro atoms. The molecule has 1 radical (unpaired) electrons. The SMILES string of the molecule is O=C(O)c1ccccc1-c1c2cc(Br)c(=O)c(Br)c-2oc2c(Br)c(O)c(Br)cc12.[Na]. The normalized spacial score (nSPS) is 10.9. The van der Waals surface area contributed by atoms with Crippen molar-refractivity contribution in [1.82, 2.24) is 0 Å². The molecular formula is C20H8Br4NaO5. The number of aromatic hydroxyl groups is 1. The monoisotopic (exact) mass is 667 g/mol. The van der Waals surface area contributed by atoms with Crippen molar-refractivity contribution < 1.29 is 19.4 Å². The summed E-state index contributed by atoms with van der Waals surface area (Å²) >= 11 is 13.2. The molecule has 0 fully saturated rings. The van der Waals surface area contributed by atoms with Crippen LogP contribution < -0.4 is 5.43 Å². The first-order valence-corrected chi connectivity index (χ1v) is 11.2. The third-order valence-electron chi connectivity index (χ3n) is 4.45. The molecule has 1 aliphatic heterocycles. The number of hydrogen-bond acceptors (Lipinski definition) is 4. The topological polar surface area (TPSA) is 87.7 Å². The fourth-order valence-electron chi connectivity index (χ4n) is 3.17. The number of phenols is 1. The van der Waals surface area contributed by atoms with Crippen LogP contribution in [0.15, 0.2) is 63.5 Å². The summed E-state index contributed by atoms with van der Waals surface area (Å²) in [7, 11) is 0. The average molecular weight is 671 g/mol. The summed E-state index contributed by atoms with van der Waals surface area (Å²) in [5.74, 6) is -0.921. The number of fused-ring (bicyclic) bond motifs is 2. The van der Waals surface area contributed by atoms with Crippen molar-refractivity contribution in [1.29, 1.82) is 0 Å². The molecule has 4 rings (SSSR count). The third-order valence-corrected chi connectivity index (χ3v) is 7.10. The Morgan fingerprint density at radius 2 is 1.60 bits per heavy atom. The Labute approximate surface area is 225 Å². The zero-order chi connectivity index (χ0) is 21.0. The molecule has 10 heteroatoms. The van der Waals surface area contributed by atoms with Gasteiger partial charge in [0.2, 0.25) is 5.43 Å². The summed E-state index contributed by atoms with van der Waals surface area (Å²) in [4.78, 5) is 24.3. The molecule has 30 heavy (non-hydrogen) atoms. The second-order valence-corrected chi connectivity index (χ2v) is 9.40. The first-order chi connectivity index (χ1) is 13.7. The van der Waals surface area contributed by atoms with Crippen molar-refractivity contribution in [3.05, 3.63) is 70.1 Å². The minimum Gasteiger partial charge on any atom is -0.505 e. The minimum absolute atomic E-state index is 0. The summed E-state index contributed by atoms with van der Waals surface area (Å²) in [6, 6.07) is 9.84. The van der Waals surface area contributed by atoms with Gasteiger partial charge in [0.25, 0.3) is 0 Å². The Balaban J connectivity index is 0.00000256. The number of carbonyl (C=O) groups is 1. The van der Waals surface area contributed by atoms with Gasteiger partial charge in [-0.1, -0.05) is 18.2 Å². The predicted octanol–water partition coefficient (Wildman–Crippen LogP) is 6.64. The van der Waals surface area contributed by atoms with Crippen LogP contribution in [0.25, 0.3) is 33.4 Å². The molecule has 2 N–H and O–H groups in total. The molecule has 0 saturated heterocycles. The smallest absolute Gasteiger partial charge is 0.336 e. The van der Waals surface area contributed by atoms with E-state index in [4.69, 9.17) is 4.42 Å². The van der Waals surface area contributed by atoms with Gasteiger partial charge in [0, 0.05) is 46.1 Å². The van der Waals surface area contributed by atoms with Gasteiger partial charge in [0.05, 0.1) is 14.5 Å². The molecule has 0 unspecified atom stereocenters. The van der Waals surface area contributed by atoms with E-state index in [0.29, 0.717) is 31.0 Å². The van der Waals surface area contributed by atoms with E-state index >= 15 is 0 Å². The van der Waals surface area contributed by atoms with Crippen molar-refractivity contribution in [2.45, 2.75) is 0 Å². The second-order valence-electron chi connectivity index (χ2n) is 6.10. The van der Waals surface area contributed by atoms with Crippen molar-refractivity contribution >= 4 is 110 Å². The zero-order valence-electron chi connectivity index (χ0n) is 15.1. The fraction of sp³-hybridized carbons (Fsp3) is 0. The zero-order valence-corrected chi connectivity index (χ0v) is 23.4. The second kappa shape index (κ2) is 9.05. The van der Waals surface area contributed by atoms with Crippen molar-refractivity contribution in [2.75, 3.05) is 0 Å². The molecule has 0 amide bonds. The van der Waals surface area contributed by atoms with Gasteiger partial charge < -0.3 is 14.6 Å². The maximum atomic E-state index is 12.4. The number of benzene rings is 3. The van der Waals surface area contributed by atoms with Crippen LogP contribution in [-0.4, -0.2) is 45.7 Å².